The fourth-order valence-electron chi connectivity index (χ4n) is 10.3. The van der Waals surface area contributed by atoms with Crippen LogP contribution in [0.1, 0.15) is 101 Å². The van der Waals surface area contributed by atoms with Crippen LogP contribution in [0.25, 0.3) is 0 Å². The topological polar surface area (TPSA) is 60.4 Å². The molecule has 0 bridgehead atoms. The Labute approximate surface area is 212 Å². The van der Waals surface area contributed by atoms with Gasteiger partial charge in [0.1, 0.15) is 12.4 Å². The monoisotopic (exact) mass is 482 g/mol. The average Bonchev–Trinajstić information content (AvgIpc) is 3.09. The number of fused-ring (bicyclic) bond motifs is 7. The van der Waals surface area contributed by atoms with Crippen molar-refractivity contribution in [2.45, 2.75) is 105 Å². The Balaban J connectivity index is 0.00000304. The maximum absolute atomic E-state index is 13.2. The summed E-state index contributed by atoms with van der Waals surface area (Å²) in [6.45, 7) is 17.7. The molecule has 4 heteroatoms. The maximum Gasteiger partial charge on any atom is 0.303 e. The zero-order valence-corrected chi connectivity index (χ0v) is 22.7. The summed E-state index contributed by atoms with van der Waals surface area (Å²) in [7, 11) is 0. The standard InChI is InChI=1S/C31H44O4.H2/c1-18(2)26-23(34)16-31(17-32)15-14-29(6)22(27(26)31)8-9-25-28(5)12-11-24(35-20(4)33)19(3)21(28)10-13-30(25,29)7;/h17-18,21-22,24-25H,3,8-16H2,1-2,4-7H3;1H/t21?,22-,24+,25-,28+,29-,30-,31+;/m1./s1. The van der Waals surface area contributed by atoms with Gasteiger partial charge in [0, 0.05) is 14.8 Å². The number of rotatable bonds is 3. The highest BCUT2D eigenvalue weighted by atomic mass is 16.5. The average molecular weight is 483 g/mol. The highest BCUT2D eigenvalue weighted by molar-refractivity contribution is 6.03. The minimum atomic E-state index is -0.554. The lowest BCUT2D eigenvalue weighted by Crippen LogP contribution is -2.63. The molecule has 4 fully saturated rings. The van der Waals surface area contributed by atoms with Crippen LogP contribution in [0, 0.1) is 45.3 Å². The molecule has 0 aromatic carbocycles. The third-order valence-electron chi connectivity index (χ3n) is 12.1. The number of ketones is 1. The molecular formula is C31H46O4. The van der Waals surface area contributed by atoms with Crippen LogP contribution in [0.2, 0.25) is 0 Å². The van der Waals surface area contributed by atoms with E-state index in [0.717, 1.165) is 68.8 Å². The molecule has 194 valence electrons. The van der Waals surface area contributed by atoms with E-state index in [0.29, 0.717) is 24.2 Å². The van der Waals surface area contributed by atoms with Crippen molar-refractivity contribution in [2.75, 3.05) is 0 Å². The Bertz CT molecular complexity index is 1030. The lowest BCUT2D eigenvalue weighted by molar-refractivity contribution is -0.191. The van der Waals surface area contributed by atoms with E-state index in [1.165, 1.54) is 12.5 Å². The van der Waals surface area contributed by atoms with Gasteiger partial charge in [0.25, 0.3) is 0 Å². The summed E-state index contributed by atoms with van der Waals surface area (Å²) in [6, 6.07) is 0. The van der Waals surface area contributed by atoms with Gasteiger partial charge in [0.15, 0.2) is 5.78 Å². The van der Waals surface area contributed by atoms with Gasteiger partial charge in [-0.1, -0.05) is 41.2 Å². The minimum absolute atomic E-state index is 0. The van der Waals surface area contributed by atoms with Crippen molar-refractivity contribution in [1.82, 2.24) is 0 Å². The number of ether oxygens (including phenoxy) is 1. The molecule has 4 nitrogen and oxygen atoms in total. The van der Waals surface area contributed by atoms with E-state index in [1.54, 1.807) is 0 Å². The minimum Gasteiger partial charge on any atom is -0.458 e. The Kier molecular flexibility index (Phi) is 5.63. The summed E-state index contributed by atoms with van der Waals surface area (Å²) in [5, 5.41) is 0. The second-order valence-corrected chi connectivity index (χ2v) is 13.7. The number of hydrogen-bond donors (Lipinski definition) is 0. The van der Waals surface area contributed by atoms with Crippen LogP contribution in [0.3, 0.4) is 0 Å². The van der Waals surface area contributed by atoms with E-state index in [2.05, 4.69) is 41.2 Å². The SMILES string of the molecule is C=C1C2CC[C@]3(C)[C@H](CC[C@@H]4C5=C(C(C)C)C(=O)C[C@]5(C=O)CC[C@]43C)[C@@]2(C)CC[C@@H]1OC(C)=O.[HH]. The lowest BCUT2D eigenvalue weighted by atomic mass is 9.34. The molecule has 0 amide bonds. The summed E-state index contributed by atoms with van der Waals surface area (Å²) in [5.41, 5.74) is 3.14. The van der Waals surface area contributed by atoms with Crippen LogP contribution in [-0.2, 0) is 19.1 Å². The molecule has 4 saturated carbocycles. The van der Waals surface area contributed by atoms with Gasteiger partial charge in [0.2, 0.25) is 0 Å². The van der Waals surface area contributed by atoms with Crippen LogP contribution < -0.4 is 0 Å². The quantitative estimate of drug-likeness (QED) is 0.250. The van der Waals surface area contributed by atoms with Gasteiger partial charge in [-0.15, -0.1) is 0 Å². The van der Waals surface area contributed by atoms with Crippen molar-refractivity contribution in [2.24, 2.45) is 45.3 Å². The van der Waals surface area contributed by atoms with Crippen LogP contribution >= 0.6 is 0 Å². The molecule has 8 atom stereocenters. The molecule has 5 rings (SSSR count). The molecule has 0 aromatic heterocycles. The van der Waals surface area contributed by atoms with E-state index in [1.807, 2.05) is 0 Å². The smallest absolute Gasteiger partial charge is 0.303 e. The number of hydrogen-bond acceptors (Lipinski definition) is 4. The summed E-state index contributed by atoms with van der Waals surface area (Å²) in [5.74, 6) is 1.43. The van der Waals surface area contributed by atoms with Gasteiger partial charge in [-0.2, -0.15) is 0 Å². The summed E-state index contributed by atoms with van der Waals surface area (Å²) in [4.78, 5) is 37.5. The summed E-state index contributed by atoms with van der Waals surface area (Å²) < 4.78 is 5.67. The molecule has 0 aromatic rings. The highest BCUT2D eigenvalue weighted by Gasteiger charge is 2.68. The number of aldehydes is 1. The maximum atomic E-state index is 13.2. The Morgan fingerprint density at radius 2 is 1.74 bits per heavy atom. The summed E-state index contributed by atoms with van der Waals surface area (Å²) in [6.07, 6.45) is 9.54. The fourth-order valence-corrected chi connectivity index (χ4v) is 10.3. The highest BCUT2D eigenvalue weighted by Crippen LogP contribution is 2.75. The lowest BCUT2D eigenvalue weighted by Gasteiger charge is -2.70. The molecule has 0 radical (unpaired) electrons. The van der Waals surface area contributed by atoms with Gasteiger partial charge in [-0.3, -0.25) is 9.59 Å². The molecule has 0 spiro atoms. The third kappa shape index (κ3) is 3.13. The number of carbonyl (C=O) groups excluding carboxylic acids is 3. The van der Waals surface area contributed by atoms with Crippen molar-refractivity contribution < 1.29 is 20.5 Å². The van der Waals surface area contributed by atoms with Crippen LogP contribution in [0.5, 0.6) is 0 Å². The Morgan fingerprint density at radius 1 is 1.03 bits per heavy atom. The van der Waals surface area contributed by atoms with E-state index >= 15 is 0 Å². The van der Waals surface area contributed by atoms with Crippen molar-refractivity contribution in [3.8, 4) is 0 Å². The second kappa shape index (κ2) is 7.89. The molecule has 0 heterocycles. The number of carbonyl (C=O) groups is 3. The first-order chi connectivity index (χ1) is 16.3. The van der Waals surface area contributed by atoms with Gasteiger partial charge in [-0.05, 0) is 108 Å². The molecule has 5 aliphatic carbocycles. The van der Waals surface area contributed by atoms with Gasteiger partial charge in [0.05, 0.1) is 5.41 Å². The number of Topliss-reactive ketones (excluding diaryl/α,β-unsaturated/α-hetero) is 1. The van der Waals surface area contributed by atoms with Crippen molar-refractivity contribution >= 4 is 18.0 Å². The zero-order valence-electron chi connectivity index (χ0n) is 22.7. The van der Waals surface area contributed by atoms with Crippen LogP contribution in [0.4, 0.5) is 0 Å². The van der Waals surface area contributed by atoms with Crippen LogP contribution in [-0.4, -0.2) is 24.1 Å². The molecule has 1 unspecified atom stereocenters. The van der Waals surface area contributed by atoms with E-state index in [4.69, 9.17) is 4.74 Å². The van der Waals surface area contributed by atoms with E-state index in [9.17, 15) is 14.4 Å². The first kappa shape index (κ1) is 25.0. The zero-order chi connectivity index (χ0) is 25.6. The van der Waals surface area contributed by atoms with Gasteiger partial charge >= 0.3 is 5.97 Å². The molecule has 5 aliphatic rings. The van der Waals surface area contributed by atoms with E-state index < -0.39 is 5.41 Å². The largest absolute Gasteiger partial charge is 0.458 e. The predicted molar refractivity (Wildman–Crippen MR) is 139 cm³/mol. The van der Waals surface area contributed by atoms with Gasteiger partial charge in [-0.25, -0.2) is 0 Å². The van der Waals surface area contributed by atoms with Crippen molar-refractivity contribution in [3.05, 3.63) is 23.3 Å². The first-order valence-corrected chi connectivity index (χ1v) is 13.9. The molecule has 0 aliphatic heterocycles. The first-order valence-electron chi connectivity index (χ1n) is 13.9. The van der Waals surface area contributed by atoms with Crippen molar-refractivity contribution in [1.29, 1.82) is 0 Å². The summed E-state index contributed by atoms with van der Waals surface area (Å²) >= 11 is 0. The van der Waals surface area contributed by atoms with E-state index in [-0.39, 0.29) is 41.4 Å². The molecular weight excluding hydrogens is 436 g/mol. The fraction of sp³-hybridized carbons (Fsp3) is 0.774. The molecule has 35 heavy (non-hydrogen) atoms. The Morgan fingerprint density at radius 3 is 2.37 bits per heavy atom. The predicted octanol–water partition coefficient (Wildman–Crippen LogP) is 6.87. The Hall–Kier alpha value is -1.71. The third-order valence-corrected chi connectivity index (χ3v) is 12.1. The molecule has 0 N–H and O–H groups in total. The number of allylic oxidation sites excluding steroid dienone is 2. The molecule has 0 saturated heterocycles. The second-order valence-electron chi connectivity index (χ2n) is 13.7. The van der Waals surface area contributed by atoms with Crippen LogP contribution in [0.15, 0.2) is 23.3 Å². The normalized spacial score (nSPS) is 47.1. The van der Waals surface area contributed by atoms with Gasteiger partial charge < -0.3 is 9.53 Å². The van der Waals surface area contributed by atoms with Crippen molar-refractivity contribution in [3.63, 3.8) is 0 Å². The number of esters is 1.